The molecule has 0 radical (unpaired) electrons. The molecule has 0 saturated heterocycles. The van der Waals surface area contributed by atoms with Crippen molar-refractivity contribution >= 4 is 57.5 Å². The molecule has 120 valence electrons. The Hall–Kier alpha value is -2.01. The molecule has 3 aromatic carbocycles. The Labute approximate surface area is 157 Å². The van der Waals surface area contributed by atoms with Crippen LogP contribution in [0.3, 0.4) is 0 Å². The molecule has 0 N–H and O–H groups in total. The molecule has 0 fully saturated rings. The molecule has 2 heterocycles. The van der Waals surface area contributed by atoms with Gasteiger partial charge in [-0.3, -0.25) is 9.59 Å². The smallest absolute Gasteiger partial charge is 0.202 e. The molecule has 3 aromatic rings. The summed E-state index contributed by atoms with van der Waals surface area (Å²) in [4.78, 5) is 28.3. The Morgan fingerprint density at radius 2 is 1.44 bits per heavy atom. The van der Waals surface area contributed by atoms with Crippen molar-refractivity contribution in [1.82, 2.24) is 0 Å². The highest BCUT2D eigenvalue weighted by molar-refractivity contribution is 8.08. The van der Waals surface area contributed by atoms with E-state index in [1.165, 1.54) is 23.5 Å². The van der Waals surface area contributed by atoms with Gasteiger partial charge in [-0.2, -0.15) is 0 Å². The Balaban J connectivity index is 1.70. The van der Waals surface area contributed by atoms with Crippen molar-refractivity contribution in [1.29, 1.82) is 0 Å². The number of allylic oxidation sites excluding steroid dienone is 2. The van der Waals surface area contributed by atoms with E-state index < -0.39 is 0 Å². The predicted molar refractivity (Wildman–Crippen MR) is 103 cm³/mol. The summed E-state index contributed by atoms with van der Waals surface area (Å²) in [6, 6.07) is 17.0. The first-order chi connectivity index (χ1) is 12.1. The fourth-order valence-corrected chi connectivity index (χ4v) is 5.86. The van der Waals surface area contributed by atoms with Crippen LogP contribution < -0.4 is 0 Å². The lowest BCUT2D eigenvalue weighted by atomic mass is 10.0. The zero-order valence-corrected chi connectivity index (χ0v) is 15.1. The van der Waals surface area contributed by atoms with Gasteiger partial charge in [-0.15, -0.1) is 0 Å². The number of hydrogen-bond acceptors (Lipinski definition) is 4. The summed E-state index contributed by atoms with van der Waals surface area (Å²) in [7, 11) is 0. The second-order valence-corrected chi connectivity index (χ2v) is 8.26. The number of carbonyl (C=O) groups is 2. The fourth-order valence-electron chi connectivity index (χ4n) is 3.14. The SMILES string of the molecule is O=C1C(=C2Sc3c(cc4ccccc4c3Cl)C2=O)Sc2ccccc21. The van der Waals surface area contributed by atoms with Gasteiger partial charge in [0.25, 0.3) is 0 Å². The lowest BCUT2D eigenvalue weighted by molar-refractivity contribution is 0.101. The molecule has 0 unspecified atom stereocenters. The quantitative estimate of drug-likeness (QED) is 0.449. The van der Waals surface area contributed by atoms with Gasteiger partial charge in [-0.05, 0) is 23.6 Å². The number of halogens is 1. The summed E-state index contributed by atoms with van der Waals surface area (Å²) in [6.45, 7) is 0. The number of ketones is 2. The fraction of sp³-hybridized carbons (Fsp3) is 0. The van der Waals surface area contributed by atoms with E-state index in [-0.39, 0.29) is 11.6 Å². The van der Waals surface area contributed by atoms with Crippen molar-refractivity contribution in [2.75, 3.05) is 0 Å². The molecule has 0 aliphatic carbocycles. The average molecular weight is 381 g/mol. The topological polar surface area (TPSA) is 34.1 Å². The van der Waals surface area contributed by atoms with Crippen LogP contribution in [0.4, 0.5) is 0 Å². The van der Waals surface area contributed by atoms with Gasteiger partial charge in [-0.25, -0.2) is 0 Å². The Kier molecular flexibility index (Phi) is 3.35. The monoisotopic (exact) mass is 380 g/mol. The van der Waals surface area contributed by atoms with Crippen molar-refractivity contribution in [2.45, 2.75) is 9.79 Å². The van der Waals surface area contributed by atoms with Crippen molar-refractivity contribution < 1.29 is 9.59 Å². The summed E-state index contributed by atoms with van der Waals surface area (Å²) < 4.78 is 0. The molecule has 5 heteroatoms. The van der Waals surface area contributed by atoms with E-state index >= 15 is 0 Å². The minimum absolute atomic E-state index is 0.0788. The number of Topliss-reactive ketones (excluding diaryl/α,β-unsaturated/α-hetero) is 2. The Bertz CT molecular complexity index is 1150. The van der Waals surface area contributed by atoms with E-state index in [2.05, 4.69) is 0 Å². The van der Waals surface area contributed by atoms with Crippen LogP contribution in [0.15, 0.2) is 74.2 Å². The van der Waals surface area contributed by atoms with E-state index in [0.717, 1.165) is 20.6 Å². The van der Waals surface area contributed by atoms with Gasteiger partial charge in [0.15, 0.2) is 0 Å². The molecule has 0 amide bonds. The van der Waals surface area contributed by atoms with E-state index in [1.54, 1.807) is 6.07 Å². The highest BCUT2D eigenvalue weighted by Crippen LogP contribution is 2.52. The molecule has 2 aliphatic heterocycles. The van der Waals surface area contributed by atoms with Gasteiger partial charge in [0.2, 0.25) is 11.6 Å². The zero-order chi connectivity index (χ0) is 17.1. The summed E-state index contributed by atoms with van der Waals surface area (Å²) in [6.07, 6.45) is 0. The number of carbonyl (C=O) groups excluding carboxylic acids is 2. The summed E-state index contributed by atoms with van der Waals surface area (Å²) in [5.41, 5.74) is 1.25. The molecule has 2 nitrogen and oxygen atoms in total. The van der Waals surface area contributed by atoms with Crippen LogP contribution in [0.1, 0.15) is 20.7 Å². The first-order valence-corrected chi connectivity index (χ1v) is 9.66. The van der Waals surface area contributed by atoms with E-state index in [0.29, 0.717) is 26.0 Å². The lowest BCUT2D eigenvalue weighted by Gasteiger charge is -2.04. The number of thioether (sulfide) groups is 2. The molecule has 0 bridgehead atoms. The molecule has 0 spiro atoms. The number of fused-ring (bicyclic) bond motifs is 3. The van der Waals surface area contributed by atoms with Gasteiger partial charge in [-0.1, -0.05) is 71.5 Å². The zero-order valence-electron chi connectivity index (χ0n) is 12.7. The van der Waals surface area contributed by atoms with Crippen molar-refractivity contribution in [3.05, 3.63) is 80.6 Å². The van der Waals surface area contributed by atoms with Crippen LogP contribution in [-0.2, 0) is 0 Å². The van der Waals surface area contributed by atoms with E-state index in [1.807, 2.05) is 48.5 Å². The highest BCUT2D eigenvalue weighted by atomic mass is 35.5. The number of hydrogen-bond donors (Lipinski definition) is 0. The van der Waals surface area contributed by atoms with Crippen LogP contribution >= 0.6 is 35.1 Å². The van der Waals surface area contributed by atoms with Crippen LogP contribution in [-0.4, -0.2) is 11.6 Å². The Morgan fingerprint density at radius 3 is 2.28 bits per heavy atom. The summed E-state index contributed by atoms with van der Waals surface area (Å²) in [5.74, 6) is -0.193. The van der Waals surface area contributed by atoms with Crippen molar-refractivity contribution in [3.8, 4) is 0 Å². The van der Waals surface area contributed by atoms with Gasteiger partial charge in [0, 0.05) is 26.3 Å². The third-order valence-corrected chi connectivity index (χ3v) is 7.38. The van der Waals surface area contributed by atoms with Crippen molar-refractivity contribution in [2.24, 2.45) is 0 Å². The maximum atomic E-state index is 13.0. The van der Waals surface area contributed by atoms with Gasteiger partial charge in [0.05, 0.1) is 14.8 Å². The van der Waals surface area contributed by atoms with Crippen LogP contribution in [0, 0.1) is 0 Å². The first kappa shape index (κ1) is 15.3. The maximum absolute atomic E-state index is 13.0. The molecule has 2 aliphatic rings. The predicted octanol–water partition coefficient (Wildman–Crippen LogP) is 5.98. The molecule has 0 saturated carbocycles. The second-order valence-electron chi connectivity index (χ2n) is 5.81. The third-order valence-electron chi connectivity index (χ3n) is 4.35. The van der Waals surface area contributed by atoms with Gasteiger partial charge >= 0.3 is 0 Å². The number of benzene rings is 3. The standard InChI is InChI=1S/C20H9ClO2S2/c21-15-11-6-2-1-5-10(11)9-13-17(23)20(25-18(13)15)19-16(22)12-7-3-4-8-14(12)24-19/h1-9H. The summed E-state index contributed by atoms with van der Waals surface area (Å²) in [5, 5.41) is 2.43. The second kappa shape index (κ2) is 5.49. The lowest BCUT2D eigenvalue weighted by Crippen LogP contribution is -2.02. The molecular formula is C20H9ClO2S2. The van der Waals surface area contributed by atoms with Crippen LogP contribution in [0.2, 0.25) is 5.02 Å². The largest absolute Gasteiger partial charge is 0.288 e. The van der Waals surface area contributed by atoms with Crippen molar-refractivity contribution in [3.63, 3.8) is 0 Å². The highest BCUT2D eigenvalue weighted by Gasteiger charge is 2.37. The maximum Gasteiger partial charge on any atom is 0.202 e. The molecule has 5 rings (SSSR count). The first-order valence-electron chi connectivity index (χ1n) is 7.65. The van der Waals surface area contributed by atoms with Crippen LogP contribution in [0.5, 0.6) is 0 Å². The molecule has 0 aromatic heterocycles. The summed E-state index contributed by atoms with van der Waals surface area (Å²) >= 11 is 9.25. The normalized spacial score (nSPS) is 18.8. The van der Waals surface area contributed by atoms with E-state index in [9.17, 15) is 9.59 Å². The minimum atomic E-state index is -0.115. The van der Waals surface area contributed by atoms with Gasteiger partial charge in [0.1, 0.15) is 0 Å². The van der Waals surface area contributed by atoms with E-state index in [4.69, 9.17) is 11.6 Å². The molecule has 0 atom stereocenters. The molecule has 25 heavy (non-hydrogen) atoms. The van der Waals surface area contributed by atoms with Gasteiger partial charge < -0.3 is 0 Å². The average Bonchev–Trinajstić information content (AvgIpc) is 3.14. The Morgan fingerprint density at radius 1 is 0.760 bits per heavy atom. The molecular weight excluding hydrogens is 372 g/mol. The minimum Gasteiger partial charge on any atom is -0.288 e. The number of rotatable bonds is 0. The van der Waals surface area contributed by atoms with Crippen LogP contribution in [0.25, 0.3) is 10.8 Å². The third kappa shape index (κ3) is 2.15.